The van der Waals surface area contributed by atoms with E-state index in [2.05, 4.69) is 15.9 Å². The molecule has 0 radical (unpaired) electrons. The Morgan fingerprint density at radius 3 is 2.69 bits per heavy atom. The Hall–Kier alpha value is -0.630. The quantitative estimate of drug-likeness (QED) is 0.740. The normalized spacial score (nSPS) is 12.5. The minimum absolute atomic E-state index is 0.0492. The van der Waals surface area contributed by atoms with Crippen molar-refractivity contribution in [2.45, 2.75) is 26.2 Å². The second-order valence-corrected chi connectivity index (χ2v) is 4.07. The van der Waals surface area contributed by atoms with Gasteiger partial charge in [0.25, 0.3) is 0 Å². The standard InChI is InChI=1S/C11H13BrO/c1-3-9(7-13)11-5-4-10(12)6-8(11)2/h4-7,9H,3H2,1-2H3/t9-/m1/s1. The molecule has 0 aliphatic heterocycles. The van der Waals surface area contributed by atoms with E-state index in [9.17, 15) is 4.79 Å². The van der Waals surface area contributed by atoms with Gasteiger partial charge in [-0.05, 0) is 36.6 Å². The van der Waals surface area contributed by atoms with E-state index >= 15 is 0 Å². The molecule has 0 saturated carbocycles. The molecule has 0 aliphatic rings. The SMILES string of the molecule is CC[C@H](C=O)c1ccc(Br)cc1C. The first-order valence-corrected chi connectivity index (χ1v) is 5.19. The Morgan fingerprint density at radius 2 is 2.23 bits per heavy atom. The first-order chi connectivity index (χ1) is 6.19. The van der Waals surface area contributed by atoms with Crippen molar-refractivity contribution < 1.29 is 4.79 Å². The molecule has 1 aromatic rings. The number of aldehydes is 1. The number of halogens is 1. The monoisotopic (exact) mass is 240 g/mol. The maximum atomic E-state index is 10.8. The largest absolute Gasteiger partial charge is 0.303 e. The van der Waals surface area contributed by atoms with Crippen LogP contribution in [0.1, 0.15) is 30.4 Å². The fourth-order valence-corrected chi connectivity index (χ4v) is 1.92. The molecule has 1 rings (SSSR count). The molecular weight excluding hydrogens is 228 g/mol. The van der Waals surface area contributed by atoms with Gasteiger partial charge in [-0.2, -0.15) is 0 Å². The van der Waals surface area contributed by atoms with Crippen molar-refractivity contribution in [3.05, 3.63) is 33.8 Å². The van der Waals surface area contributed by atoms with E-state index in [0.717, 1.165) is 22.7 Å². The molecule has 13 heavy (non-hydrogen) atoms. The lowest BCUT2D eigenvalue weighted by atomic mass is 9.94. The Bertz CT molecular complexity index is 307. The molecule has 0 unspecified atom stereocenters. The molecule has 0 amide bonds. The van der Waals surface area contributed by atoms with Gasteiger partial charge in [0, 0.05) is 10.4 Å². The van der Waals surface area contributed by atoms with Gasteiger partial charge < -0.3 is 4.79 Å². The van der Waals surface area contributed by atoms with Crippen molar-refractivity contribution in [2.75, 3.05) is 0 Å². The molecule has 0 aromatic heterocycles. The van der Waals surface area contributed by atoms with Crippen molar-refractivity contribution in [3.63, 3.8) is 0 Å². The fraction of sp³-hybridized carbons (Fsp3) is 0.364. The van der Waals surface area contributed by atoms with Gasteiger partial charge >= 0.3 is 0 Å². The van der Waals surface area contributed by atoms with E-state index in [4.69, 9.17) is 0 Å². The van der Waals surface area contributed by atoms with Gasteiger partial charge in [0.05, 0.1) is 0 Å². The fourth-order valence-electron chi connectivity index (χ4n) is 1.44. The summed E-state index contributed by atoms with van der Waals surface area (Å²) in [7, 11) is 0. The molecule has 0 spiro atoms. The topological polar surface area (TPSA) is 17.1 Å². The first-order valence-electron chi connectivity index (χ1n) is 4.40. The molecule has 0 fully saturated rings. The van der Waals surface area contributed by atoms with E-state index in [0.29, 0.717) is 0 Å². The second kappa shape index (κ2) is 4.56. The molecule has 0 N–H and O–H groups in total. The molecule has 0 heterocycles. The van der Waals surface area contributed by atoms with Crippen LogP contribution in [-0.4, -0.2) is 6.29 Å². The minimum atomic E-state index is 0.0492. The highest BCUT2D eigenvalue weighted by molar-refractivity contribution is 9.10. The van der Waals surface area contributed by atoms with E-state index in [1.807, 2.05) is 32.0 Å². The van der Waals surface area contributed by atoms with Crippen LogP contribution >= 0.6 is 15.9 Å². The second-order valence-electron chi connectivity index (χ2n) is 3.15. The molecule has 0 aliphatic carbocycles. The highest BCUT2D eigenvalue weighted by Crippen LogP contribution is 2.23. The third-order valence-corrected chi connectivity index (χ3v) is 2.73. The molecule has 1 aromatic carbocycles. The summed E-state index contributed by atoms with van der Waals surface area (Å²) in [5.74, 6) is 0.0492. The molecular formula is C11H13BrO. The van der Waals surface area contributed by atoms with Gasteiger partial charge in [0.15, 0.2) is 0 Å². The van der Waals surface area contributed by atoms with Crippen molar-refractivity contribution in [1.82, 2.24) is 0 Å². The molecule has 2 heteroatoms. The lowest BCUT2D eigenvalue weighted by molar-refractivity contribution is -0.109. The maximum Gasteiger partial charge on any atom is 0.127 e. The van der Waals surface area contributed by atoms with E-state index < -0.39 is 0 Å². The third kappa shape index (κ3) is 2.41. The van der Waals surface area contributed by atoms with Crippen LogP contribution in [0.5, 0.6) is 0 Å². The highest BCUT2D eigenvalue weighted by atomic mass is 79.9. The smallest absolute Gasteiger partial charge is 0.127 e. The van der Waals surface area contributed by atoms with Gasteiger partial charge in [-0.15, -0.1) is 0 Å². The summed E-state index contributed by atoms with van der Waals surface area (Å²) < 4.78 is 1.06. The molecule has 70 valence electrons. The summed E-state index contributed by atoms with van der Waals surface area (Å²) in [5, 5.41) is 0. The lowest BCUT2D eigenvalue weighted by Crippen LogP contribution is -2.00. The summed E-state index contributed by atoms with van der Waals surface area (Å²) in [6, 6.07) is 6.04. The van der Waals surface area contributed by atoms with Crippen LogP contribution in [0.2, 0.25) is 0 Å². The number of carbonyl (C=O) groups excluding carboxylic acids is 1. The molecule has 0 bridgehead atoms. The van der Waals surface area contributed by atoms with Gasteiger partial charge in [0.1, 0.15) is 6.29 Å². The van der Waals surface area contributed by atoms with Crippen LogP contribution in [0.15, 0.2) is 22.7 Å². The van der Waals surface area contributed by atoms with Crippen molar-refractivity contribution in [1.29, 1.82) is 0 Å². The molecule has 1 atom stereocenters. The zero-order chi connectivity index (χ0) is 9.84. The lowest BCUT2D eigenvalue weighted by Gasteiger charge is -2.11. The number of carbonyl (C=O) groups is 1. The van der Waals surface area contributed by atoms with Crippen LogP contribution in [-0.2, 0) is 4.79 Å². The molecule has 1 nitrogen and oxygen atoms in total. The zero-order valence-electron chi connectivity index (χ0n) is 7.88. The summed E-state index contributed by atoms with van der Waals surface area (Å²) in [6.45, 7) is 4.06. The van der Waals surface area contributed by atoms with Crippen LogP contribution in [0.4, 0.5) is 0 Å². The summed E-state index contributed by atoms with van der Waals surface area (Å²) in [6.07, 6.45) is 1.89. The zero-order valence-corrected chi connectivity index (χ0v) is 9.47. The number of hydrogen-bond acceptors (Lipinski definition) is 1. The number of aryl methyl sites for hydroxylation is 1. The van der Waals surface area contributed by atoms with Gasteiger partial charge in [-0.25, -0.2) is 0 Å². The minimum Gasteiger partial charge on any atom is -0.303 e. The highest BCUT2D eigenvalue weighted by Gasteiger charge is 2.09. The Labute approximate surface area is 87.3 Å². The summed E-state index contributed by atoms with van der Waals surface area (Å²) >= 11 is 3.40. The van der Waals surface area contributed by atoms with Crippen molar-refractivity contribution in [2.24, 2.45) is 0 Å². The predicted molar refractivity (Wildman–Crippen MR) is 58.0 cm³/mol. The average molecular weight is 241 g/mol. The van der Waals surface area contributed by atoms with Gasteiger partial charge in [-0.3, -0.25) is 0 Å². The third-order valence-electron chi connectivity index (χ3n) is 2.24. The van der Waals surface area contributed by atoms with E-state index in [1.165, 1.54) is 5.56 Å². The predicted octanol–water partition coefficient (Wildman–Crippen LogP) is 3.45. The number of hydrogen-bond donors (Lipinski definition) is 0. The van der Waals surface area contributed by atoms with E-state index in [1.54, 1.807) is 0 Å². The van der Waals surface area contributed by atoms with Crippen molar-refractivity contribution in [3.8, 4) is 0 Å². The average Bonchev–Trinajstić information content (AvgIpc) is 2.10. The van der Waals surface area contributed by atoms with Crippen molar-refractivity contribution >= 4 is 22.2 Å². The number of benzene rings is 1. The van der Waals surface area contributed by atoms with Gasteiger partial charge in [-0.1, -0.05) is 28.9 Å². The Morgan fingerprint density at radius 1 is 1.54 bits per heavy atom. The van der Waals surface area contributed by atoms with Crippen LogP contribution in [0.25, 0.3) is 0 Å². The summed E-state index contributed by atoms with van der Waals surface area (Å²) in [4.78, 5) is 10.8. The molecule has 0 saturated heterocycles. The first kappa shape index (κ1) is 10.5. The van der Waals surface area contributed by atoms with Crippen LogP contribution in [0.3, 0.4) is 0 Å². The Kier molecular flexibility index (Phi) is 3.67. The summed E-state index contributed by atoms with van der Waals surface area (Å²) in [5.41, 5.74) is 2.31. The maximum absolute atomic E-state index is 10.8. The van der Waals surface area contributed by atoms with Crippen LogP contribution < -0.4 is 0 Å². The van der Waals surface area contributed by atoms with Gasteiger partial charge in [0.2, 0.25) is 0 Å². The van der Waals surface area contributed by atoms with E-state index in [-0.39, 0.29) is 5.92 Å². The Balaban J connectivity index is 3.06. The van der Waals surface area contributed by atoms with Crippen LogP contribution in [0, 0.1) is 6.92 Å². The number of rotatable bonds is 3.